The molecular weight excluding hydrogens is 400 g/mol. The van der Waals surface area contributed by atoms with E-state index < -0.39 is 11.7 Å². The van der Waals surface area contributed by atoms with Crippen LogP contribution in [-0.4, -0.2) is 27.1 Å². The van der Waals surface area contributed by atoms with E-state index in [1.165, 1.54) is 14.2 Å². The van der Waals surface area contributed by atoms with E-state index in [9.17, 15) is 9.59 Å². The first-order valence-corrected chi connectivity index (χ1v) is 9.88. The van der Waals surface area contributed by atoms with Crippen LogP contribution >= 0.6 is 0 Å². The molecule has 7 heteroatoms. The molecule has 0 radical (unpaired) electrons. The molecule has 0 N–H and O–H groups in total. The maximum atomic E-state index is 13.2. The van der Waals surface area contributed by atoms with Crippen molar-refractivity contribution >= 4 is 16.8 Å². The average molecular weight is 424 g/mol. The van der Waals surface area contributed by atoms with Gasteiger partial charge in [0.05, 0.1) is 38.7 Å². The van der Waals surface area contributed by atoms with Crippen LogP contribution in [0.4, 0.5) is 0 Å². The van der Waals surface area contributed by atoms with Crippen molar-refractivity contribution in [3.63, 3.8) is 0 Å². The molecular formula is C24H24O7. The molecule has 1 atom stereocenters. The van der Waals surface area contributed by atoms with E-state index in [-0.39, 0.29) is 12.2 Å². The van der Waals surface area contributed by atoms with Crippen molar-refractivity contribution < 1.29 is 28.2 Å². The van der Waals surface area contributed by atoms with Crippen molar-refractivity contribution in [2.24, 2.45) is 0 Å². The highest BCUT2D eigenvalue weighted by Gasteiger charge is 2.34. The molecule has 1 aliphatic heterocycles. The van der Waals surface area contributed by atoms with Crippen LogP contribution in [0, 0.1) is 20.8 Å². The van der Waals surface area contributed by atoms with Gasteiger partial charge in [-0.05, 0) is 50.1 Å². The normalized spacial score (nSPS) is 15.4. The third kappa shape index (κ3) is 3.12. The van der Waals surface area contributed by atoms with Gasteiger partial charge in [-0.15, -0.1) is 0 Å². The van der Waals surface area contributed by atoms with Crippen LogP contribution in [0.3, 0.4) is 0 Å². The van der Waals surface area contributed by atoms with Crippen LogP contribution in [0.2, 0.25) is 0 Å². The molecule has 0 saturated heterocycles. The highest BCUT2D eigenvalue weighted by molar-refractivity contribution is 6.07. The van der Waals surface area contributed by atoms with Crippen LogP contribution < -0.4 is 24.6 Å². The van der Waals surface area contributed by atoms with E-state index in [2.05, 4.69) is 0 Å². The molecule has 0 aliphatic carbocycles. The van der Waals surface area contributed by atoms with E-state index in [1.54, 1.807) is 32.2 Å². The lowest BCUT2D eigenvalue weighted by atomic mass is 9.90. The summed E-state index contributed by atoms with van der Waals surface area (Å²) in [5, 5.41) is 0.634. The van der Waals surface area contributed by atoms with Crippen LogP contribution in [0.15, 0.2) is 27.4 Å². The van der Waals surface area contributed by atoms with Gasteiger partial charge in [-0.2, -0.15) is 0 Å². The molecule has 162 valence electrons. The number of Topliss-reactive ketones (excluding diaryl/α,β-unsaturated/α-hetero) is 1. The summed E-state index contributed by atoms with van der Waals surface area (Å²) in [5.74, 6) is 1.76. The number of hydrogen-bond acceptors (Lipinski definition) is 7. The predicted molar refractivity (Wildman–Crippen MR) is 115 cm³/mol. The van der Waals surface area contributed by atoms with E-state index in [1.807, 2.05) is 13.8 Å². The Morgan fingerprint density at radius 2 is 1.65 bits per heavy atom. The Hall–Kier alpha value is -3.48. The van der Waals surface area contributed by atoms with Crippen LogP contribution in [0.5, 0.6) is 23.0 Å². The maximum absolute atomic E-state index is 13.2. The Morgan fingerprint density at radius 1 is 0.935 bits per heavy atom. The number of carbonyl (C=O) groups is 1. The quantitative estimate of drug-likeness (QED) is 0.572. The number of hydrogen-bond donors (Lipinski definition) is 0. The molecule has 1 aromatic heterocycles. The number of ketones is 1. The Kier molecular flexibility index (Phi) is 5.13. The van der Waals surface area contributed by atoms with Crippen molar-refractivity contribution in [3.8, 4) is 23.0 Å². The number of fused-ring (bicyclic) bond motifs is 3. The van der Waals surface area contributed by atoms with E-state index >= 15 is 0 Å². The smallest absolute Gasteiger partial charge is 0.339 e. The molecule has 2 heterocycles. The summed E-state index contributed by atoms with van der Waals surface area (Å²) in [6.07, 6.45) is -0.466. The zero-order chi connectivity index (χ0) is 22.4. The van der Waals surface area contributed by atoms with Gasteiger partial charge in [-0.1, -0.05) is 0 Å². The predicted octanol–water partition coefficient (Wildman–Crippen LogP) is 4.45. The van der Waals surface area contributed by atoms with Crippen molar-refractivity contribution in [3.05, 3.63) is 56.4 Å². The average Bonchev–Trinajstić information content (AvgIpc) is 2.75. The molecule has 0 bridgehead atoms. The van der Waals surface area contributed by atoms with Gasteiger partial charge in [0.25, 0.3) is 0 Å². The largest absolute Gasteiger partial charge is 0.493 e. The third-order valence-electron chi connectivity index (χ3n) is 5.88. The first kappa shape index (κ1) is 20.8. The van der Waals surface area contributed by atoms with Gasteiger partial charge in [0.2, 0.25) is 5.75 Å². The summed E-state index contributed by atoms with van der Waals surface area (Å²) in [7, 11) is 4.60. The Morgan fingerprint density at radius 3 is 2.29 bits per heavy atom. The lowest BCUT2D eigenvalue weighted by Crippen LogP contribution is -2.23. The zero-order valence-electron chi connectivity index (χ0n) is 18.4. The van der Waals surface area contributed by atoms with Crippen LogP contribution in [0.1, 0.15) is 45.1 Å². The second-order valence-electron chi connectivity index (χ2n) is 7.57. The second-order valence-corrected chi connectivity index (χ2v) is 7.57. The molecule has 0 spiro atoms. The molecule has 4 rings (SSSR count). The highest BCUT2D eigenvalue weighted by atomic mass is 16.5. The van der Waals surface area contributed by atoms with Crippen molar-refractivity contribution in [1.29, 1.82) is 0 Å². The van der Waals surface area contributed by atoms with Crippen molar-refractivity contribution in [1.82, 2.24) is 0 Å². The monoisotopic (exact) mass is 424 g/mol. The Labute approximate surface area is 179 Å². The summed E-state index contributed by atoms with van der Waals surface area (Å²) < 4.78 is 28.4. The number of ether oxygens (including phenoxy) is 4. The summed E-state index contributed by atoms with van der Waals surface area (Å²) in [6, 6.07) is 5.28. The van der Waals surface area contributed by atoms with Crippen molar-refractivity contribution in [2.75, 3.05) is 21.3 Å². The maximum Gasteiger partial charge on any atom is 0.339 e. The molecule has 0 amide bonds. The number of carbonyl (C=O) groups excluding carboxylic acids is 1. The first-order chi connectivity index (χ1) is 14.8. The van der Waals surface area contributed by atoms with E-state index in [4.69, 9.17) is 23.4 Å². The molecule has 3 aromatic rings. The lowest BCUT2D eigenvalue weighted by molar-refractivity contribution is 0.0848. The second kappa shape index (κ2) is 7.65. The topological polar surface area (TPSA) is 84.2 Å². The summed E-state index contributed by atoms with van der Waals surface area (Å²) in [6.45, 7) is 5.34. The fraction of sp³-hybridized carbons (Fsp3) is 0.333. The SMILES string of the molecule is COc1ccc([C@H]2CC(=O)c3c(C)cc4oc(=O)c(C)c(C)c4c3O2)c(OC)c1OC. The highest BCUT2D eigenvalue weighted by Crippen LogP contribution is 2.48. The molecule has 0 unspecified atom stereocenters. The molecule has 31 heavy (non-hydrogen) atoms. The van der Waals surface area contributed by atoms with Gasteiger partial charge in [-0.25, -0.2) is 4.79 Å². The molecule has 0 saturated carbocycles. The van der Waals surface area contributed by atoms with Gasteiger partial charge in [0.1, 0.15) is 17.4 Å². The lowest BCUT2D eigenvalue weighted by Gasteiger charge is -2.29. The van der Waals surface area contributed by atoms with Gasteiger partial charge < -0.3 is 23.4 Å². The van der Waals surface area contributed by atoms with Gasteiger partial charge in [-0.3, -0.25) is 4.79 Å². The van der Waals surface area contributed by atoms with Gasteiger partial charge in [0.15, 0.2) is 17.3 Å². The van der Waals surface area contributed by atoms with Crippen LogP contribution in [-0.2, 0) is 0 Å². The molecule has 1 aliphatic rings. The summed E-state index contributed by atoms with van der Waals surface area (Å²) >= 11 is 0. The number of benzene rings is 2. The first-order valence-electron chi connectivity index (χ1n) is 9.88. The van der Waals surface area contributed by atoms with Crippen molar-refractivity contribution in [2.45, 2.75) is 33.3 Å². The summed E-state index contributed by atoms with van der Waals surface area (Å²) in [5.41, 5.74) is 3.11. The molecule has 2 aromatic carbocycles. The number of aryl methyl sites for hydroxylation is 2. The van der Waals surface area contributed by atoms with Gasteiger partial charge >= 0.3 is 5.63 Å². The van der Waals surface area contributed by atoms with Gasteiger partial charge in [0, 0.05) is 11.1 Å². The molecule has 7 nitrogen and oxygen atoms in total. The van der Waals surface area contributed by atoms with E-state index in [0.717, 1.165) is 5.56 Å². The molecule has 0 fully saturated rings. The summed E-state index contributed by atoms with van der Waals surface area (Å²) in [4.78, 5) is 25.4. The number of methoxy groups -OCH3 is 3. The zero-order valence-corrected chi connectivity index (χ0v) is 18.4. The minimum Gasteiger partial charge on any atom is -0.493 e. The third-order valence-corrected chi connectivity index (χ3v) is 5.88. The fourth-order valence-electron chi connectivity index (χ4n) is 4.18. The minimum absolute atomic E-state index is 0.0502. The standard InChI is InChI=1S/C24H24O7/c1-11-9-18-20(12(2)13(3)24(26)31-18)23-19(11)15(25)10-17(30-23)14-7-8-16(27-4)22(29-6)21(14)28-5/h7-9,17H,10H2,1-6H3/t17-/m1/s1. The Bertz CT molecular complexity index is 1270. The van der Waals surface area contributed by atoms with E-state index in [0.29, 0.717) is 56.2 Å². The van der Waals surface area contributed by atoms with Crippen LogP contribution in [0.25, 0.3) is 11.0 Å². The Balaban J connectivity index is 1.95. The fourth-order valence-corrected chi connectivity index (χ4v) is 4.18. The number of rotatable bonds is 4. The minimum atomic E-state index is -0.605.